The number of aromatic nitrogens is 1. The van der Waals surface area contributed by atoms with Crippen LogP contribution in [0, 0.1) is 0 Å². The first-order valence-corrected chi connectivity index (χ1v) is 5.50. The molecule has 1 aromatic heterocycles. The van der Waals surface area contributed by atoms with Crippen molar-refractivity contribution < 1.29 is 4.74 Å². The van der Waals surface area contributed by atoms with Gasteiger partial charge >= 0.3 is 0 Å². The molecule has 0 saturated heterocycles. The lowest BCUT2D eigenvalue weighted by atomic mass is 10.2. The van der Waals surface area contributed by atoms with Crippen LogP contribution in [0.3, 0.4) is 0 Å². The summed E-state index contributed by atoms with van der Waals surface area (Å²) in [7, 11) is 0. The zero-order valence-electron chi connectivity index (χ0n) is 9.73. The van der Waals surface area contributed by atoms with E-state index in [9.17, 15) is 0 Å². The van der Waals surface area contributed by atoms with Crippen molar-refractivity contribution in [3.05, 3.63) is 30.1 Å². The van der Waals surface area contributed by atoms with E-state index in [1.165, 1.54) is 0 Å². The van der Waals surface area contributed by atoms with E-state index in [0.29, 0.717) is 6.61 Å². The van der Waals surface area contributed by atoms with Gasteiger partial charge < -0.3 is 10.1 Å². The molecule has 1 atom stereocenters. The van der Waals surface area contributed by atoms with Crippen molar-refractivity contribution in [2.45, 2.75) is 32.9 Å². The quantitative estimate of drug-likeness (QED) is 0.778. The van der Waals surface area contributed by atoms with Crippen LogP contribution in [0.15, 0.2) is 24.4 Å². The molecule has 1 rings (SSSR count). The fourth-order valence-electron chi connectivity index (χ4n) is 1.37. The van der Waals surface area contributed by atoms with E-state index in [-0.39, 0.29) is 12.1 Å². The molecule has 0 aliphatic heterocycles. The molecular formula is C12H20N2O. The third-order valence-electron chi connectivity index (χ3n) is 2.09. The largest absolute Gasteiger partial charge is 0.377 e. The molecule has 0 aliphatic carbocycles. The van der Waals surface area contributed by atoms with Gasteiger partial charge in [0.05, 0.1) is 24.4 Å². The number of nitrogens with one attached hydrogen (secondary N) is 1. The molecule has 0 radical (unpaired) electrons. The topological polar surface area (TPSA) is 34.1 Å². The first-order valence-electron chi connectivity index (χ1n) is 5.50. The molecule has 3 heteroatoms. The third kappa shape index (κ3) is 4.40. The standard InChI is InChI=1S/C12H20N2O/c1-4-13-12(9-15-10(2)3)11-7-5-6-8-14-11/h5-8,10,12-13H,4,9H2,1-3H3. The predicted octanol–water partition coefficient (Wildman–Crippen LogP) is 2.16. The smallest absolute Gasteiger partial charge is 0.0732 e. The summed E-state index contributed by atoms with van der Waals surface area (Å²) in [5, 5.41) is 3.37. The molecule has 0 fully saturated rings. The summed E-state index contributed by atoms with van der Waals surface area (Å²) in [6, 6.07) is 6.15. The lowest BCUT2D eigenvalue weighted by Gasteiger charge is -2.18. The Balaban J connectivity index is 2.57. The number of pyridine rings is 1. The summed E-state index contributed by atoms with van der Waals surface area (Å²) in [6.07, 6.45) is 2.07. The van der Waals surface area contributed by atoms with Crippen molar-refractivity contribution in [1.82, 2.24) is 10.3 Å². The molecule has 15 heavy (non-hydrogen) atoms. The molecule has 1 aromatic rings. The second kappa shape index (κ2) is 6.53. The van der Waals surface area contributed by atoms with E-state index >= 15 is 0 Å². The summed E-state index contributed by atoms with van der Waals surface area (Å²) in [5.74, 6) is 0. The lowest BCUT2D eigenvalue weighted by Crippen LogP contribution is -2.27. The molecule has 1 unspecified atom stereocenters. The molecule has 0 spiro atoms. The highest BCUT2D eigenvalue weighted by atomic mass is 16.5. The van der Waals surface area contributed by atoms with E-state index in [1.54, 1.807) is 0 Å². The summed E-state index contributed by atoms with van der Waals surface area (Å²) < 4.78 is 5.61. The van der Waals surface area contributed by atoms with Crippen molar-refractivity contribution in [1.29, 1.82) is 0 Å². The highest BCUT2D eigenvalue weighted by Gasteiger charge is 2.11. The molecular weight excluding hydrogens is 188 g/mol. The van der Waals surface area contributed by atoms with Gasteiger partial charge in [0.2, 0.25) is 0 Å². The molecule has 0 saturated carbocycles. The van der Waals surface area contributed by atoms with Crippen LogP contribution in [0.5, 0.6) is 0 Å². The SMILES string of the molecule is CCNC(COC(C)C)c1ccccn1. The fraction of sp³-hybridized carbons (Fsp3) is 0.583. The van der Waals surface area contributed by atoms with Crippen LogP contribution in [-0.4, -0.2) is 24.2 Å². The van der Waals surface area contributed by atoms with E-state index in [0.717, 1.165) is 12.2 Å². The summed E-state index contributed by atoms with van der Waals surface area (Å²) in [6.45, 7) is 7.76. The Bertz CT molecular complexity index is 262. The maximum absolute atomic E-state index is 5.61. The summed E-state index contributed by atoms with van der Waals surface area (Å²) in [5.41, 5.74) is 1.04. The Morgan fingerprint density at radius 2 is 2.20 bits per heavy atom. The van der Waals surface area contributed by atoms with Crippen LogP contribution in [0.4, 0.5) is 0 Å². The number of nitrogens with zero attached hydrogens (tertiary/aromatic N) is 1. The summed E-state index contributed by atoms with van der Waals surface area (Å²) >= 11 is 0. The normalized spacial score (nSPS) is 13.1. The average molecular weight is 208 g/mol. The molecule has 0 aliphatic rings. The fourth-order valence-corrected chi connectivity index (χ4v) is 1.37. The first kappa shape index (κ1) is 12.1. The van der Waals surface area contributed by atoms with Gasteiger partial charge in [-0.2, -0.15) is 0 Å². The van der Waals surface area contributed by atoms with E-state index < -0.39 is 0 Å². The van der Waals surface area contributed by atoms with Gasteiger partial charge in [-0.15, -0.1) is 0 Å². The lowest BCUT2D eigenvalue weighted by molar-refractivity contribution is 0.0606. The maximum atomic E-state index is 5.61. The second-order valence-electron chi connectivity index (χ2n) is 3.75. The van der Waals surface area contributed by atoms with Gasteiger partial charge in [-0.05, 0) is 32.5 Å². The Labute approximate surface area is 91.9 Å². The number of likely N-dealkylation sites (N-methyl/N-ethyl adjacent to an activating group) is 1. The van der Waals surface area contributed by atoms with Crippen molar-refractivity contribution in [2.75, 3.05) is 13.2 Å². The second-order valence-corrected chi connectivity index (χ2v) is 3.75. The maximum Gasteiger partial charge on any atom is 0.0732 e. The number of hydrogen-bond donors (Lipinski definition) is 1. The minimum absolute atomic E-state index is 0.193. The molecule has 1 N–H and O–H groups in total. The zero-order valence-corrected chi connectivity index (χ0v) is 9.73. The zero-order chi connectivity index (χ0) is 11.1. The van der Waals surface area contributed by atoms with E-state index in [2.05, 4.69) is 17.2 Å². The van der Waals surface area contributed by atoms with Crippen LogP contribution >= 0.6 is 0 Å². The van der Waals surface area contributed by atoms with Gasteiger partial charge in [-0.25, -0.2) is 0 Å². The van der Waals surface area contributed by atoms with Gasteiger partial charge in [0.1, 0.15) is 0 Å². The van der Waals surface area contributed by atoms with Crippen LogP contribution in [-0.2, 0) is 4.74 Å². The van der Waals surface area contributed by atoms with Crippen LogP contribution in [0.25, 0.3) is 0 Å². The molecule has 3 nitrogen and oxygen atoms in total. The Morgan fingerprint density at radius 1 is 1.40 bits per heavy atom. The van der Waals surface area contributed by atoms with Crippen LogP contribution in [0.1, 0.15) is 32.5 Å². The Kier molecular flexibility index (Phi) is 5.29. The van der Waals surface area contributed by atoms with Crippen LogP contribution in [0.2, 0.25) is 0 Å². The molecule has 1 heterocycles. The highest BCUT2D eigenvalue weighted by molar-refractivity contribution is 5.08. The van der Waals surface area contributed by atoms with Crippen LogP contribution < -0.4 is 5.32 Å². The van der Waals surface area contributed by atoms with Gasteiger partial charge in [0, 0.05) is 6.20 Å². The number of hydrogen-bond acceptors (Lipinski definition) is 3. The molecule has 0 aromatic carbocycles. The van der Waals surface area contributed by atoms with Gasteiger partial charge in [-0.3, -0.25) is 4.98 Å². The predicted molar refractivity (Wildman–Crippen MR) is 61.7 cm³/mol. The Morgan fingerprint density at radius 3 is 2.73 bits per heavy atom. The van der Waals surface area contributed by atoms with E-state index in [1.807, 2.05) is 38.2 Å². The van der Waals surface area contributed by atoms with Crippen molar-refractivity contribution in [2.24, 2.45) is 0 Å². The van der Waals surface area contributed by atoms with Gasteiger partial charge in [0.15, 0.2) is 0 Å². The van der Waals surface area contributed by atoms with Gasteiger partial charge in [-0.1, -0.05) is 13.0 Å². The highest BCUT2D eigenvalue weighted by Crippen LogP contribution is 2.10. The average Bonchev–Trinajstić information content (AvgIpc) is 2.25. The van der Waals surface area contributed by atoms with Crippen molar-refractivity contribution >= 4 is 0 Å². The Hall–Kier alpha value is -0.930. The number of rotatable bonds is 6. The van der Waals surface area contributed by atoms with Crippen molar-refractivity contribution in [3.8, 4) is 0 Å². The first-order chi connectivity index (χ1) is 7.24. The third-order valence-corrected chi connectivity index (χ3v) is 2.09. The van der Waals surface area contributed by atoms with Gasteiger partial charge in [0.25, 0.3) is 0 Å². The van der Waals surface area contributed by atoms with Crippen molar-refractivity contribution in [3.63, 3.8) is 0 Å². The molecule has 84 valence electrons. The number of ether oxygens (including phenoxy) is 1. The minimum Gasteiger partial charge on any atom is -0.377 e. The monoisotopic (exact) mass is 208 g/mol. The molecule has 0 amide bonds. The van der Waals surface area contributed by atoms with E-state index in [4.69, 9.17) is 4.74 Å². The summed E-state index contributed by atoms with van der Waals surface area (Å²) in [4.78, 5) is 4.33. The minimum atomic E-state index is 0.193. The molecule has 0 bridgehead atoms.